The molecule has 3 heterocycles. The quantitative estimate of drug-likeness (QED) is 0.493. The molecule has 5 atom stereocenters. The Morgan fingerprint density at radius 2 is 2.18 bits per heavy atom. The van der Waals surface area contributed by atoms with E-state index in [-0.39, 0.29) is 0 Å². The van der Waals surface area contributed by atoms with Gasteiger partial charge in [-0.1, -0.05) is 6.92 Å². The minimum atomic E-state index is 0.317. The van der Waals surface area contributed by atoms with Gasteiger partial charge in [0.15, 0.2) is 12.5 Å². The highest BCUT2D eigenvalue weighted by Gasteiger charge is 2.51. The van der Waals surface area contributed by atoms with E-state index in [0.29, 0.717) is 24.5 Å². The third-order valence-electron chi connectivity index (χ3n) is 2.70. The second-order valence-electron chi connectivity index (χ2n) is 3.48. The van der Waals surface area contributed by atoms with Gasteiger partial charge in [0.1, 0.15) is 0 Å². The van der Waals surface area contributed by atoms with Crippen LogP contribution in [0.2, 0.25) is 0 Å². The lowest BCUT2D eigenvalue weighted by atomic mass is 10.1. The number of rotatable bonds is 0. The summed E-state index contributed by atoms with van der Waals surface area (Å²) in [6, 6.07) is 1.27. The predicted molar refractivity (Wildman–Crippen MR) is 44.4 cm³/mol. The van der Waals surface area contributed by atoms with Gasteiger partial charge in [-0.05, 0) is 0 Å². The van der Waals surface area contributed by atoms with Crippen LogP contribution in [0.1, 0.15) is 6.92 Å². The smallest absolute Gasteiger partial charge is 0.150 e. The van der Waals surface area contributed by atoms with Crippen LogP contribution in [0.4, 0.5) is 0 Å². The molecule has 0 spiro atoms. The molecule has 0 aliphatic carbocycles. The highest BCUT2D eigenvalue weighted by Crippen LogP contribution is 2.34. The zero-order chi connectivity index (χ0) is 7.42. The number of fused-ring (bicyclic) bond motifs is 2. The fourth-order valence-corrected chi connectivity index (χ4v) is 3.25. The molecule has 3 fully saturated rings. The first-order valence-corrected chi connectivity index (χ1v) is 5.18. The fourth-order valence-electron chi connectivity index (χ4n) is 1.96. The number of piperazine rings is 1. The number of thioether (sulfide) groups is 1. The summed E-state index contributed by atoms with van der Waals surface area (Å²) >= 11 is 2.04. The molecule has 0 aromatic heterocycles. The van der Waals surface area contributed by atoms with Crippen LogP contribution in [0, 0.1) is 0 Å². The highest BCUT2D eigenvalue weighted by molar-refractivity contribution is 8.00. The van der Waals surface area contributed by atoms with E-state index < -0.39 is 0 Å². The molecule has 0 amide bonds. The molecule has 3 nitrogen and oxygen atoms in total. The van der Waals surface area contributed by atoms with Gasteiger partial charge in [-0.15, -0.1) is 0 Å². The predicted octanol–water partition coefficient (Wildman–Crippen LogP) is -0.266. The summed E-state index contributed by atoms with van der Waals surface area (Å²) in [5.41, 5.74) is 0. The first kappa shape index (κ1) is 6.71. The molecule has 3 rings (SSSR count). The van der Waals surface area contributed by atoms with Crippen LogP contribution in [0.25, 0.3) is 0 Å². The summed E-state index contributed by atoms with van der Waals surface area (Å²) in [6.07, 6.45) is 0.638. The number of hydrogen-bond acceptors (Lipinski definition) is 4. The van der Waals surface area contributed by atoms with Gasteiger partial charge in [0.05, 0.1) is 0 Å². The Bertz CT molecular complexity index is 189. The van der Waals surface area contributed by atoms with E-state index in [2.05, 4.69) is 17.6 Å². The topological polar surface area (TPSA) is 36.6 Å². The maximum absolute atomic E-state index is 5.33. The molecule has 62 valence electrons. The maximum atomic E-state index is 5.33. The Labute approximate surface area is 70.2 Å². The van der Waals surface area contributed by atoms with Gasteiger partial charge in [0, 0.05) is 23.1 Å². The average Bonchev–Trinajstić information content (AvgIpc) is 2.68. The van der Waals surface area contributed by atoms with Crippen molar-refractivity contribution in [2.75, 3.05) is 5.75 Å². The molecule has 4 heteroatoms. The van der Waals surface area contributed by atoms with Crippen molar-refractivity contribution in [3.8, 4) is 0 Å². The Morgan fingerprint density at radius 1 is 1.36 bits per heavy atom. The van der Waals surface area contributed by atoms with E-state index in [9.17, 15) is 0 Å². The Kier molecular flexibility index (Phi) is 1.30. The molecule has 3 aliphatic rings. The van der Waals surface area contributed by atoms with Crippen LogP contribution in [-0.2, 0) is 4.74 Å². The van der Waals surface area contributed by atoms with Gasteiger partial charge >= 0.3 is 0 Å². The van der Waals surface area contributed by atoms with Crippen molar-refractivity contribution in [1.82, 2.24) is 10.6 Å². The van der Waals surface area contributed by atoms with Gasteiger partial charge in [-0.25, -0.2) is 0 Å². The van der Waals surface area contributed by atoms with E-state index in [4.69, 9.17) is 4.74 Å². The van der Waals surface area contributed by atoms with Crippen LogP contribution in [0.15, 0.2) is 0 Å². The third-order valence-corrected chi connectivity index (χ3v) is 4.08. The van der Waals surface area contributed by atoms with Gasteiger partial charge < -0.3 is 4.74 Å². The molecule has 0 aromatic carbocycles. The molecule has 0 radical (unpaired) electrons. The lowest BCUT2D eigenvalue weighted by molar-refractivity contribution is 0.344. The standard InChI is InChI=1S/C7H12N2OS/c1-3-5-4(2-11-3)8-6-7(9-5)10-6/h3-9H,2H2,1H3. The number of ether oxygens (including phenoxy) is 1. The molecule has 3 saturated heterocycles. The second-order valence-corrected chi connectivity index (χ2v) is 4.89. The molecule has 5 unspecified atom stereocenters. The van der Waals surface area contributed by atoms with Gasteiger partial charge in [-0.3, -0.25) is 10.6 Å². The van der Waals surface area contributed by atoms with Crippen LogP contribution < -0.4 is 10.6 Å². The van der Waals surface area contributed by atoms with E-state index in [1.807, 2.05) is 11.8 Å². The van der Waals surface area contributed by atoms with Crippen molar-refractivity contribution in [1.29, 1.82) is 0 Å². The first-order valence-electron chi connectivity index (χ1n) is 4.14. The Balaban J connectivity index is 1.79. The Hall–Kier alpha value is 0.230. The summed E-state index contributed by atoms with van der Waals surface area (Å²) in [6.45, 7) is 2.28. The molecule has 0 aromatic rings. The molecular weight excluding hydrogens is 160 g/mol. The lowest BCUT2D eigenvalue weighted by Gasteiger charge is -2.26. The van der Waals surface area contributed by atoms with E-state index >= 15 is 0 Å². The summed E-state index contributed by atoms with van der Waals surface area (Å²) in [5.74, 6) is 1.23. The second kappa shape index (κ2) is 2.13. The van der Waals surface area contributed by atoms with Crippen molar-refractivity contribution in [2.45, 2.75) is 36.7 Å². The fraction of sp³-hybridized carbons (Fsp3) is 1.00. The molecule has 0 bridgehead atoms. The van der Waals surface area contributed by atoms with Crippen molar-refractivity contribution in [3.63, 3.8) is 0 Å². The summed E-state index contributed by atoms with van der Waals surface area (Å²) in [7, 11) is 0. The minimum absolute atomic E-state index is 0.317. The number of nitrogens with one attached hydrogen (secondary N) is 2. The zero-order valence-corrected chi connectivity index (χ0v) is 7.23. The molecular formula is C7H12N2OS. The molecule has 0 saturated carbocycles. The van der Waals surface area contributed by atoms with Crippen molar-refractivity contribution >= 4 is 11.8 Å². The normalized spacial score (nSPS) is 60.3. The average molecular weight is 172 g/mol. The minimum Gasteiger partial charge on any atom is -0.337 e. The number of epoxide rings is 1. The highest BCUT2D eigenvalue weighted by atomic mass is 32.2. The SMILES string of the molecule is CC1SCC2NC3OC3NC21. The van der Waals surface area contributed by atoms with Gasteiger partial charge in [0.25, 0.3) is 0 Å². The van der Waals surface area contributed by atoms with E-state index in [1.165, 1.54) is 5.75 Å². The van der Waals surface area contributed by atoms with Crippen molar-refractivity contribution < 1.29 is 4.74 Å². The summed E-state index contributed by atoms with van der Waals surface area (Å²) < 4.78 is 5.33. The first-order chi connectivity index (χ1) is 5.34. The van der Waals surface area contributed by atoms with Crippen LogP contribution in [0.3, 0.4) is 0 Å². The summed E-state index contributed by atoms with van der Waals surface area (Å²) in [4.78, 5) is 0. The van der Waals surface area contributed by atoms with E-state index in [0.717, 1.165) is 5.25 Å². The summed E-state index contributed by atoms with van der Waals surface area (Å²) in [5, 5.41) is 7.71. The van der Waals surface area contributed by atoms with Crippen molar-refractivity contribution in [2.24, 2.45) is 0 Å². The van der Waals surface area contributed by atoms with Gasteiger partial charge in [-0.2, -0.15) is 11.8 Å². The molecule has 2 N–H and O–H groups in total. The van der Waals surface area contributed by atoms with Crippen LogP contribution in [-0.4, -0.2) is 35.5 Å². The van der Waals surface area contributed by atoms with Crippen LogP contribution >= 0.6 is 11.8 Å². The van der Waals surface area contributed by atoms with Gasteiger partial charge in [0.2, 0.25) is 0 Å². The molecule has 3 aliphatic heterocycles. The third kappa shape index (κ3) is 0.935. The van der Waals surface area contributed by atoms with Crippen molar-refractivity contribution in [3.05, 3.63) is 0 Å². The monoisotopic (exact) mass is 172 g/mol. The largest absolute Gasteiger partial charge is 0.337 e. The number of hydrogen-bond donors (Lipinski definition) is 2. The maximum Gasteiger partial charge on any atom is 0.150 e. The molecule has 11 heavy (non-hydrogen) atoms. The lowest BCUT2D eigenvalue weighted by Crippen LogP contribution is -2.56. The zero-order valence-electron chi connectivity index (χ0n) is 6.41. The van der Waals surface area contributed by atoms with E-state index in [1.54, 1.807) is 0 Å². The van der Waals surface area contributed by atoms with Crippen LogP contribution in [0.5, 0.6) is 0 Å². The Morgan fingerprint density at radius 3 is 3.09 bits per heavy atom.